The van der Waals surface area contributed by atoms with Gasteiger partial charge >= 0.3 is 0 Å². The SMILES string of the molecule is C[C@H](C=O)Cc1ccccc1.C[C@H](CO)Cc1ccccc1. The molecule has 0 amide bonds. The van der Waals surface area contributed by atoms with E-state index in [1.807, 2.05) is 62.4 Å². The molecule has 22 heavy (non-hydrogen) atoms. The average Bonchev–Trinajstić information content (AvgIpc) is 2.57. The van der Waals surface area contributed by atoms with Crippen molar-refractivity contribution in [3.8, 4) is 0 Å². The van der Waals surface area contributed by atoms with Gasteiger partial charge in [0.25, 0.3) is 0 Å². The van der Waals surface area contributed by atoms with Crippen LogP contribution in [-0.4, -0.2) is 18.0 Å². The molecule has 0 aliphatic heterocycles. The Bertz CT molecular complexity index is 508. The Morgan fingerprint density at radius 3 is 1.73 bits per heavy atom. The number of aldehydes is 1. The van der Waals surface area contributed by atoms with Gasteiger partial charge in [-0.3, -0.25) is 0 Å². The smallest absolute Gasteiger partial charge is 0.123 e. The van der Waals surface area contributed by atoms with Gasteiger partial charge in [-0.1, -0.05) is 74.5 Å². The lowest BCUT2D eigenvalue weighted by Gasteiger charge is -2.06. The molecule has 0 unspecified atom stereocenters. The number of aliphatic hydroxyl groups excluding tert-OH is 1. The highest BCUT2D eigenvalue weighted by Gasteiger charge is 2.00. The van der Waals surface area contributed by atoms with E-state index in [1.54, 1.807) is 0 Å². The molecule has 2 heteroatoms. The third-order valence-corrected chi connectivity index (χ3v) is 3.37. The number of benzene rings is 2. The maximum atomic E-state index is 10.3. The zero-order valence-corrected chi connectivity index (χ0v) is 13.5. The molecular weight excluding hydrogens is 272 g/mol. The van der Waals surface area contributed by atoms with E-state index in [1.165, 1.54) is 11.1 Å². The summed E-state index contributed by atoms with van der Waals surface area (Å²) in [7, 11) is 0. The summed E-state index contributed by atoms with van der Waals surface area (Å²) < 4.78 is 0. The van der Waals surface area contributed by atoms with E-state index in [-0.39, 0.29) is 12.5 Å². The van der Waals surface area contributed by atoms with Crippen molar-refractivity contribution >= 4 is 6.29 Å². The molecule has 2 aromatic rings. The highest BCUT2D eigenvalue weighted by molar-refractivity contribution is 5.53. The largest absolute Gasteiger partial charge is 0.396 e. The number of carbonyl (C=O) groups is 1. The van der Waals surface area contributed by atoms with Crippen molar-refractivity contribution in [3.63, 3.8) is 0 Å². The normalized spacial score (nSPS) is 12.7. The Morgan fingerprint density at radius 2 is 1.32 bits per heavy atom. The predicted molar refractivity (Wildman–Crippen MR) is 91.8 cm³/mol. The summed E-state index contributed by atoms with van der Waals surface area (Å²) in [6.45, 7) is 4.25. The summed E-state index contributed by atoms with van der Waals surface area (Å²) in [6.07, 6.45) is 2.81. The van der Waals surface area contributed by atoms with Crippen LogP contribution in [0.25, 0.3) is 0 Å². The van der Waals surface area contributed by atoms with Crippen molar-refractivity contribution in [2.75, 3.05) is 6.61 Å². The molecule has 0 aliphatic carbocycles. The fourth-order valence-corrected chi connectivity index (χ4v) is 2.12. The van der Waals surface area contributed by atoms with Gasteiger partial charge in [0.15, 0.2) is 0 Å². The fourth-order valence-electron chi connectivity index (χ4n) is 2.12. The van der Waals surface area contributed by atoms with Crippen LogP contribution >= 0.6 is 0 Å². The molecule has 0 bridgehead atoms. The van der Waals surface area contributed by atoms with Crippen LogP contribution in [0.1, 0.15) is 25.0 Å². The lowest BCUT2D eigenvalue weighted by molar-refractivity contribution is -0.110. The van der Waals surface area contributed by atoms with Crippen LogP contribution in [0.2, 0.25) is 0 Å². The topological polar surface area (TPSA) is 37.3 Å². The Morgan fingerprint density at radius 1 is 0.864 bits per heavy atom. The van der Waals surface area contributed by atoms with Crippen molar-refractivity contribution in [1.82, 2.24) is 0 Å². The third kappa shape index (κ3) is 7.75. The average molecular weight is 298 g/mol. The van der Waals surface area contributed by atoms with E-state index < -0.39 is 0 Å². The molecular formula is C20H26O2. The van der Waals surface area contributed by atoms with E-state index >= 15 is 0 Å². The molecule has 0 saturated heterocycles. The van der Waals surface area contributed by atoms with Gasteiger partial charge in [0.1, 0.15) is 6.29 Å². The fraction of sp³-hybridized carbons (Fsp3) is 0.350. The Hall–Kier alpha value is -1.93. The van der Waals surface area contributed by atoms with Crippen molar-refractivity contribution in [2.24, 2.45) is 11.8 Å². The van der Waals surface area contributed by atoms with E-state index in [2.05, 4.69) is 12.1 Å². The maximum absolute atomic E-state index is 10.3. The first-order chi connectivity index (χ1) is 10.7. The van der Waals surface area contributed by atoms with Crippen molar-refractivity contribution in [3.05, 3.63) is 71.8 Å². The van der Waals surface area contributed by atoms with Crippen LogP contribution in [0.4, 0.5) is 0 Å². The van der Waals surface area contributed by atoms with E-state index in [4.69, 9.17) is 5.11 Å². The molecule has 2 rings (SSSR count). The van der Waals surface area contributed by atoms with Gasteiger partial charge in [0.05, 0.1) is 0 Å². The summed E-state index contributed by atoms with van der Waals surface area (Å²) >= 11 is 0. The van der Waals surface area contributed by atoms with Gasteiger partial charge in [-0.2, -0.15) is 0 Å². The number of aliphatic hydroxyl groups is 1. The van der Waals surface area contributed by atoms with Crippen molar-refractivity contribution in [1.29, 1.82) is 0 Å². The highest BCUT2D eigenvalue weighted by atomic mass is 16.3. The molecule has 0 radical (unpaired) electrons. The minimum atomic E-state index is 0.136. The van der Waals surface area contributed by atoms with E-state index in [0.29, 0.717) is 5.92 Å². The summed E-state index contributed by atoms with van der Waals surface area (Å²) in [6, 6.07) is 20.3. The third-order valence-electron chi connectivity index (χ3n) is 3.37. The lowest BCUT2D eigenvalue weighted by Crippen LogP contribution is -2.03. The first-order valence-corrected chi connectivity index (χ1v) is 7.79. The lowest BCUT2D eigenvalue weighted by atomic mass is 10.0. The minimum absolute atomic E-state index is 0.136. The molecule has 0 spiro atoms. The first-order valence-electron chi connectivity index (χ1n) is 7.79. The molecule has 0 aromatic heterocycles. The highest BCUT2D eigenvalue weighted by Crippen LogP contribution is 2.06. The monoisotopic (exact) mass is 298 g/mol. The van der Waals surface area contributed by atoms with Crippen molar-refractivity contribution in [2.45, 2.75) is 26.7 Å². The van der Waals surface area contributed by atoms with Crippen LogP contribution in [-0.2, 0) is 17.6 Å². The van der Waals surface area contributed by atoms with Gasteiger partial charge in [-0.05, 0) is 29.9 Å². The molecule has 2 atom stereocenters. The van der Waals surface area contributed by atoms with Gasteiger partial charge < -0.3 is 9.90 Å². The maximum Gasteiger partial charge on any atom is 0.123 e. The first kappa shape index (κ1) is 18.1. The number of hydrogen-bond donors (Lipinski definition) is 1. The second kappa shape index (κ2) is 10.7. The quantitative estimate of drug-likeness (QED) is 0.821. The predicted octanol–water partition coefficient (Wildman–Crippen LogP) is 3.92. The summed E-state index contributed by atoms with van der Waals surface area (Å²) in [5.74, 6) is 0.509. The Labute approximate surface area is 133 Å². The summed E-state index contributed by atoms with van der Waals surface area (Å²) in [5.41, 5.74) is 2.53. The Kier molecular flexibility index (Phi) is 8.85. The molecule has 2 nitrogen and oxygen atoms in total. The molecule has 0 heterocycles. The zero-order valence-electron chi connectivity index (χ0n) is 13.5. The number of carbonyl (C=O) groups excluding carboxylic acids is 1. The second-order valence-corrected chi connectivity index (χ2v) is 5.78. The van der Waals surface area contributed by atoms with Gasteiger partial charge in [-0.25, -0.2) is 0 Å². The van der Waals surface area contributed by atoms with Crippen LogP contribution in [0.5, 0.6) is 0 Å². The van der Waals surface area contributed by atoms with Gasteiger partial charge in [-0.15, -0.1) is 0 Å². The molecule has 1 N–H and O–H groups in total. The van der Waals surface area contributed by atoms with Crippen LogP contribution < -0.4 is 0 Å². The summed E-state index contributed by atoms with van der Waals surface area (Å²) in [5, 5.41) is 8.80. The molecule has 0 fully saturated rings. The Balaban J connectivity index is 0.000000220. The van der Waals surface area contributed by atoms with E-state index in [0.717, 1.165) is 19.1 Å². The molecule has 2 aromatic carbocycles. The standard InChI is InChI=1S/C10H14O.C10H12O/c2*1-9(8-11)7-10-5-3-2-4-6-10/h2-6,9,11H,7-8H2,1H3;2-6,8-9H,7H2,1H3/t2*9-/m00/s1. The number of hydrogen-bond acceptors (Lipinski definition) is 2. The van der Waals surface area contributed by atoms with E-state index in [9.17, 15) is 4.79 Å². The van der Waals surface area contributed by atoms with Gasteiger partial charge in [0.2, 0.25) is 0 Å². The summed E-state index contributed by atoms with van der Waals surface area (Å²) in [4.78, 5) is 10.3. The van der Waals surface area contributed by atoms with Crippen LogP contribution in [0, 0.1) is 11.8 Å². The molecule has 118 valence electrons. The number of rotatable bonds is 6. The minimum Gasteiger partial charge on any atom is -0.396 e. The van der Waals surface area contributed by atoms with Gasteiger partial charge in [0, 0.05) is 12.5 Å². The van der Waals surface area contributed by atoms with Crippen molar-refractivity contribution < 1.29 is 9.90 Å². The molecule has 0 saturated carbocycles. The zero-order chi connectivity index (χ0) is 16.2. The van der Waals surface area contributed by atoms with Crippen LogP contribution in [0.15, 0.2) is 60.7 Å². The molecule has 0 aliphatic rings. The second-order valence-electron chi connectivity index (χ2n) is 5.78. The van der Waals surface area contributed by atoms with Crippen LogP contribution in [0.3, 0.4) is 0 Å².